The van der Waals surface area contributed by atoms with Crippen LogP contribution in [0.25, 0.3) is 11.1 Å². The normalized spacial score (nSPS) is 19.8. The fraction of sp³-hybridized carbons (Fsp3) is 0.367. The lowest BCUT2D eigenvalue weighted by molar-refractivity contribution is -0.120. The van der Waals surface area contributed by atoms with Crippen LogP contribution in [0.2, 0.25) is 0 Å². The van der Waals surface area contributed by atoms with E-state index in [9.17, 15) is 4.79 Å². The number of hydrogen-bond donors (Lipinski definition) is 0. The highest BCUT2D eigenvalue weighted by molar-refractivity contribution is 6.04. The molecule has 1 atom stereocenters. The van der Waals surface area contributed by atoms with Gasteiger partial charge in [0.2, 0.25) is 5.91 Å². The molecule has 1 unspecified atom stereocenters. The van der Waals surface area contributed by atoms with Crippen LogP contribution in [-0.2, 0) is 4.79 Å². The molecular weight excluding hydrogens is 434 g/mol. The van der Waals surface area contributed by atoms with Crippen LogP contribution in [0.4, 0.5) is 11.4 Å². The summed E-state index contributed by atoms with van der Waals surface area (Å²) in [6.07, 6.45) is 4.39. The molecule has 1 amide bonds. The topological polar surface area (TPSA) is 36.0 Å². The number of carbonyl (C=O) groups excluding carboxylic acids is 1. The Bertz CT molecular complexity index is 1210. The van der Waals surface area contributed by atoms with Crippen molar-refractivity contribution in [1.82, 2.24) is 4.90 Å². The van der Waals surface area contributed by atoms with E-state index in [1.54, 1.807) is 7.11 Å². The third-order valence-electron chi connectivity index (χ3n) is 7.65. The lowest BCUT2D eigenvalue weighted by atomic mass is 10.0. The lowest BCUT2D eigenvalue weighted by Crippen LogP contribution is -2.44. The molecule has 2 fully saturated rings. The summed E-state index contributed by atoms with van der Waals surface area (Å²) in [5, 5.41) is 0. The maximum Gasteiger partial charge on any atom is 0.232 e. The Morgan fingerprint density at radius 2 is 1.57 bits per heavy atom. The average Bonchev–Trinajstić information content (AvgIpc) is 3.52. The van der Waals surface area contributed by atoms with E-state index in [-0.39, 0.29) is 18.0 Å². The fourth-order valence-corrected chi connectivity index (χ4v) is 5.59. The van der Waals surface area contributed by atoms with E-state index in [0.717, 1.165) is 60.7 Å². The molecule has 1 saturated heterocycles. The summed E-state index contributed by atoms with van der Waals surface area (Å²) in [5.74, 6) is 1.29. The van der Waals surface area contributed by atoms with Gasteiger partial charge in [-0.05, 0) is 86.1 Å². The van der Waals surface area contributed by atoms with Crippen LogP contribution in [0.15, 0.2) is 66.7 Å². The standard InChI is InChI=1S/C30H33N3O2/c1-21-6-5-7-27-28(21)33(30(34)25-12-13-25)29(32(27)20-31-18-3-4-19-31)24-10-8-22(9-11-24)23-14-16-26(35-2)17-15-23/h5-11,14-17,25,29H,3-4,12-13,18-20H2,1-2H3. The lowest BCUT2D eigenvalue weighted by Gasteiger charge is -2.35. The van der Waals surface area contributed by atoms with Crippen molar-refractivity contribution in [3.05, 3.63) is 77.9 Å². The third kappa shape index (κ3) is 4.08. The number of methoxy groups -OCH3 is 1. The van der Waals surface area contributed by atoms with Crippen molar-refractivity contribution in [1.29, 1.82) is 0 Å². The Kier molecular flexibility index (Phi) is 5.73. The molecule has 1 saturated carbocycles. The number of hydrogen-bond acceptors (Lipinski definition) is 4. The molecule has 180 valence electrons. The summed E-state index contributed by atoms with van der Waals surface area (Å²) in [6.45, 7) is 5.22. The molecule has 0 bridgehead atoms. The Hall–Kier alpha value is -3.31. The van der Waals surface area contributed by atoms with Crippen LogP contribution >= 0.6 is 0 Å². The molecule has 2 heterocycles. The predicted octanol–water partition coefficient (Wildman–Crippen LogP) is 5.99. The van der Waals surface area contributed by atoms with Crippen LogP contribution in [0.5, 0.6) is 5.75 Å². The van der Waals surface area contributed by atoms with Gasteiger partial charge in [0.25, 0.3) is 0 Å². The molecule has 5 heteroatoms. The number of para-hydroxylation sites is 1. The number of ether oxygens (including phenoxy) is 1. The van der Waals surface area contributed by atoms with Gasteiger partial charge in [-0.25, -0.2) is 0 Å². The van der Waals surface area contributed by atoms with Crippen molar-refractivity contribution in [2.75, 3.05) is 36.7 Å². The number of likely N-dealkylation sites (tertiary alicyclic amines) is 1. The molecule has 0 radical (unpaired) electrons. The maximum absolute atomic E-state index is 13.7. The Labute approximate surface area is 207 Å². The molecule has 3 aliphatic rings. The van der Waals surface area contributed by atoms with Gasteiger partial charge in [0, 0.05) is 5.92 Å². The second-order valence-corrected chi connectivity index (χ2v) is 10.1. The summed E-state index contributed by atoms with van der Waals surface area (Å²) in [4.78, 5) is 20.8. The van der Waals surface area contributed by atoms with Gasteiger partial charge < -0.3 is 9.64 Å². The minimum Gasteiger partial charge on any atom is -0.497 e. The number of benzene rings is 3. The average molecular weight is 468 g/mol. The van der Waals surface area contributed by atoms with Crippen molar-refractivity contribution < 1.29 is 9.53 Å². The molecule has 0 N–H and O–H groups in total. The van der Waals surface area contributed by atoms with E-state index in [1.165, 1.54) is 24.1 Å². The summed E-state index contributed by atoms with van der Waals surface area (Å²) >= 11 is 0. The number of nitrogens with zero attached hydrogens (tertiary/aromatic N) is 3. The van der Waals surface area contributed by atoms with E-state index in [1.807, 2.05) is 12.1 Å². The molecule has 0 spiro atoms. The Balaban J connectivity index is 1.40. The van der Waals surface area contributed by atoms with Crippen molar-refractivity contribution in [3.63, 3.8) is 0 Å². The summed E-state index contributed by atoms with van der Waals surface area (Å²) in [7, 11) is 1.69. The number of rotatable bonds is 6. The summed E-state index contributed by atoms with van der Waals surface area (Å²) in [5.41, 5.74) is 6.91. The largest absolute Gasteiger partial charge is 0.497 e. The Morgan fingerprint density at radius 3 is 2.20 bits per heavy atom. The highest BCUT2D eigenvalue weighted by atomic mass is 16.5. The minimum absolute atomic E-state index is 0.121. The van der Waals surface area contributed by atoms with Crippen LogP contribution in [0.1, 0.15) is 43.0 Å². The first-order valence-electron chi connectivity index (χ1n) is 12.8. The van der Waals surface area contributed by atoms with Gasteiger partial charge in [0.15, 0.2) is 0 Å². The predicted molar refractivity (Wildman–Crippen MR) is 141 cm³/mol. The number of fused-ring (bicyclic) bond motifs is 1. The van der Waals surface area contributed by atoms with E-state index in [0.29, 0.717) is 0 Å². The van der Waals surface area contributed by atoms with Crippen LogP contribution in [-0.4, -0.2) is 37.7 Å². The Morgan fingerprint density at radius 1 is 0.914 bits per heavy atom. The zero-order valence-corrected chi connectivity index (χ0v) is 20.6. The van der Waals surface area contributed by atoms with Gasteiger partial charge in [-0.1, -0.05) is 48.5 Å². The van der Waals surface area contributed by atoms with Gasteiger partial charge >= 0.3 is 0 Å². The van der Waals surface area contributed by atoms with E-state index in [4.69, 9.17) is 4.74 Å². The fourth-order valence-electron chi connectivity index (χ4n) is 5.59. The van der Waals surface area contributed by atoms with Gasteiger partial charge in [0.05, 0.1) is 25.2 Å². The second-order valence-electron chi connectivity index (χ2n) is 10.1. The monoisotopic (exact) mass is 467 g/mol. The van der Waals surface area contributed by atoms with E-state index >= 15 is 0 Å². The summed E-state index contributed by atoms with van der Waals surface area (Å²) in [6, 6.07) is 23.4. The molecule has 35 heavy (non-hydrogen) atoms. The zero-order valence-electron chi connectivity index (χ0n) is 20.6. The van der Waals surface area contributed by atoms with E-state index < -0.39 is 0 Å². The van der Waals surface area contributed by atoms with Gasteiger partial charge in [-0.3, -0.25) is 14.6 Å². The molecule has 6 rings (SSSR count). The summed E-state index contributed by atoms with van der Waals surface area (Å²) < 4.78 is 5.31. The zero-order chi connectivity index (χ0) is 23.9. The first kappa shape index (κ1) is 22.2. The third-order valence-corrected chi connectivity index (χ3v) is 7.65. The quantitative estimate of drug-likeness (QED) is 0.446. The van der Waals surface area contributed by atoms with Crippen molar-refractivity contribution in [2.45, 2.75) is 38.8 Å². The molecule has 5 nitrogen and oxygen atoms in total. The number of anilines is 2. The van der Waals surface area contributed by atoms with Gasteiger partial charge in [-0.2, -0.15) is 0 Å². The number of aryl methyl sites for hydroxylation is 1. The highest BCUT2D eigenvalue weighted by Crippen LogP contribution is 2.50. The number of carbonyl (C=O) groups is 1. The van der Waals surface area contributed by atoms with Crippen LogP contribution < -0.4 is 14.5 Å². The SMILES string of the molecule is COc1ccc(-c2ccc(C3N(CN4CCCC4)c4cccc(C)c4N3C(=O)C3CC3)cc2)cc1. The first-order valence-corrected chi connectivity index (χ1v) is 12.8. The maximum atomic E-state index is 13.7. The molecule has 3 aromatic rings. The molecule has 0 aromatic heterocycles. The van der Waals surface area contributed by atoms with E-state index in [2.05, 4.69) is 76.2 Å². The second kappa shape index (κ2) is 9.04. The van der Waals surface area contributed by atoms with Crippen molar-refractivity contribution in [3.8, 4) is 16.9 Å². The minimum atomic E-state index is -0.121. The smallest absolute Gasteiger partial charge is 0.232 e. The molecule has 2 aliphatic heterocycles. The number of amides is 1. The van der Waals surface area contributed by atoms with Crippen molar-refractivity contribution in [2.24, 2.45) is 5.92 Å². The first-order chi connectivity index (χ1) is 17.1. The van der Waals surface area contributed by atoms with Crippen LogP contribution in [0.3, 0.4) is 0 Å². The molecule has 1 aliphatic carbocycles. The van der Waals surface area contributed by atoms with Gasteiger partial charge in [-0.15, -0.1) is 0 Å². The highest BCUT2D eigenvalue weighted by Gasteiger charge is 2.46. The van der Waals surface area contributed by atoms with Crippen molar-refractivity contribution >= 4 is 17.3 Å². The van der Waals surface area contributed by atoms with Crippen LogP contribution in [0, 0.1) is 12.8 Å². The molecule has 3 aromatic carbocycles. The molecular formula is C30H33N3O2. The van der Waals surface area contributed by atoms with Gasteiger partial charge in [0.1, 0.15) is 11.9 Å².